The fourth-order valence-electron chi connectivity index (χ4n) is 1.92. The molecule has 0 aliphatic heterocycles. The Hall–Kier alpha value is -2.01. The molecule has 0 bridgehead atoms. The van der Waals surface area contributed by atoms with Crippen LogP contribution in [0, 0.1) is 0 Å². The molecule has 0 fully saturated rings. The first-order valence-corrected chi connectivity index (χ1v) is 6.01. The van der Waals surface area contributed by atoms with E-state index < -0.39 is 0 Å². The number of fused-ring (bicyclic) bond motifs is 1. The molecule has 1 aromatic carbocycles. The third-order valence-corrected chi connectivity index (χ3v) is 3.60. The Kier molecular flexibility index (Phi) is 2.26. The quantitative estimate of drug-likeness (QED) is 0.649. The van der Waals surface area contributed by atoms with Crippen LogP contribution in [0.5, 0.6) is 5.88 Å². The van der Waals surface area contributed by atoms with Crippen LogP contribution < -0.4 is 4.87 Å². The molecule has 17 heavy (non-hydrogen) atoms. The minimum absolute atomic E-state index is 0.0229. The highest BCUT2D eigenvalue weighted by molar-refractivity contribution is 7.09. The van der Waals surface area contributed by atoms with Crippen LogP contribution in [0.15, 0.2) is 35.3 Å². The molecular weight excluding hydrogens is 236 g/mol. The Labute approximate surface area is 101 Å². The van der Waals surface area contributed by atoms with E-state index in [1.54, 1.807) is 0 Å². The molecule has 3 rings (SSSR count). The summed E-state index contributed by atoms with van der Waals surface area (Å²) in [4.78, 5) is 17.1. The van der Waals surface area contributed by atoms with Crippen LogP contribution in [0.4, 0.5) is 0 Å². The van der Waals surface area contributed by atoms with Gasteiger partial charge in [0, 0.05) is 23.5 Å². The summed E-state index contributed by atoms with van der Waals surface area (Å²) in [7, 11) is 0. The van der Waals surface area contributed by atoms with Crippen molar-refractivity contribution in [2.45, 2.75) is 6.42 Å². The molecular formula is C12H10N2O2S. The average Bonchev–Trinajstić information content (AvgIpc) is 2.85. The molecule has 0 aliphatic rings. The van der Waals surface area contributed by atoms with Crippen molar-refractivity contribution in [1.82, 2.24) is 9.97 Å². The fraction of sp³-hybridized carbons (Fsp3) is 0.0833. The number of rotatable bonds is 2. The minimum Gasteiger partial charge on any atom is -0.494 e. The van der Waals surface area contributed by atoms with Gasteiger partial charge in [-0.1, -0.05) is 29.5 Å². The van der Waals surface area contributed by atoms with E-state index in [2.05, 4.69) is 9.97 Å². The van der Waals surface area contributed by atoms with Crippen LogP contribution in [0.25, 0.3) is 10.9 Å². The van der Waals surface area contributed by atoms with Crippen molar-refractivity contribution >= 4 is 22.2 Å². The van der Waals surface area contributed by atoms with Gasteiger partial charge < -0.3 is 10.1 Å². The monoisotopic (exact) mass is 246 g/mol. The van der Waals surface area contributed by atoms with E-state index in [4.69, 9.17) is 0 Å². The zero-order valence-corrected chi connectivity index (χ0v) is 9.67. The zero-order chi connectivity index (χ0) is 11.8. The number of H-pyrrole nitrogens is 2. The van der Waals surface area contributed by atoms with Crippen LogP contribution in [0.3, 0.4) is 0 Å². The summed E-state index contributed by atoms with van der Waals surface area (Å²) in [5.74, 6) is -0.0229. The third kappa shape index (κ3) is 1.74. The maximum Gasteiger partial charge on any atom is 0.307 e. The first-order chi connectivity index (χ1) is 8.24. The van der Waals surface area contributed by atoms with Gasteiger partial charge in [0.25, 0.3) is 0 Å². The lowest BCUT2D eigenvalue weighted by molar-refractivity contribution is 0.451. The summed E-state index contributed by atoms with van der Waals surface area (Å²) >= 11 is 1.05. The van der Waals surface area contributed by atoms with Gasteiger partial charge in [-0.25, -0.2) is 0 Å². The van der Waals surface area contributed by atoms with Gasteiger partial charge in [0.1, 0.15) is 0 Å². The second kappa shape index (κ2) is 3.78. The smallest absolute Gasteiger partial charge is 0.307 e. The zero-order valence-electron chi connectivity index (χ0n) is 8.86. The van der Waals surface area contributed by atoms with Gasteiger partial charge in [-0.2, -0.15) is 0 Å². The second-order valence-corrected chi connectivity index (χ2v) is 4.89. The van der Waals surface area contributed by atoms with Crippen molar-refractivity contribution < 1.29 is 5.11 Å². The molecule has 0 radical (unpaired) electrons. The summed E-state index contributed by atoms with van der Waals surface area (Å²) in [6.45, 7) is 0. The average molecular weight is 246 g/mol. The summed E-state index contributed by atoms with van der Waals surface area (Å²) < 4.78 is 0. The Bertz CT molecular complexity index is 723. The molecule has 0 aliphatic carbocycles. The maximum atomic E-state index is 11.1. The van der Waals surface area contributed by atoms with E-state index in [9.17, 15) is 9.90 Å². The van der Waals surface area contributed by atoms with E-state index in [-0.39, 0.29) is 10.8 Å². The molecule has 3 aromatic rings. The van der Waals surface area contributed by atoms with E-state index in [0.717, 1.165) is 27.8 Å². The van der Waals surface area contributed by atoms with Crippen molar-refractivity contribution in [3.63, 3.8) is 0 Å². The van der Waals surface area contributed by atoms with Gasteiger partial charge in [-0.3, -0.25) is 9.78 Å². The van der Waals surface area contributed by atoms with Crippen LogP contribution in [-0.2, 0) is 6.42 Å². The van der Waals surface area contributed by atoms with E-state index in [0.29, 0.717) is 11.3 Å². The number of hydrogen-bond acceptors (Lipinski definition) is 3. The van der Waals surface area contributed by atoms with Crippen LogP contribution >= 0.6 is 11.3 Å². The Morgan fingerprint density at radius 3 is 2.88 bits per heavy atom. The lowest BCUT2D eigenvalue weighted by Crippen LogP contribution is -1.89. The Balaban J connectivity index is 2.06. The summed E-state index contributed by atoms with van der Waals surface area (Å²) in [5, 5.41) is 10.7. The highest BCUT2D eigenvalue weighted by Crippen LogP contribution is 2.25. The van der Waals surface area contributed by atoms with Crippen LogP contribution in [0.1, 0.15) is 10.4 Å². The molecule has 2 aromatic heterocycles. The molecule has 0 atom stereocenters. The molecule has 0 saturated carbocycles. The number of hydrogen-bond donors (Lipinski definition) is 3. The summed E-state index contributed by atoms with van der Waals surface area (Å²) in [6.07, 6.45) is 2.47. The van der Waals surface area contributed by atoms with Gasteiger partial charge in [-0.15, -0.1) is 0 Å². The van der Waals surface area contributed by atoms with Gasteiger partial charge in [0.15, 0.2) is 0 Å². The van der Waals surface area contributed by atoms with Crippen LogP contribution in [0.2, 0.25) is 0 Å². The molecule has 0 spiro atoms. The van der Waals surface area contributed by atoms with Gasteiger partial charge in [0.05, 0.1) is 4.88 Å². The molecule has 0 amide bonds. The van der Waals surface area contributed by atoms with Crippen molar-refractivity contribution in [2.24, 2.45) is 0 Å². The number of nitrogens with one attached hydrogen (secondary N) is 2. The molecule has 0 unspecified atom stereocenters. The minimum atomic E-state index is -0.225. The number of para-hydroxylation sites is 1. The highest BCUT2D eigenvalue weighted by atomic mass is 32.1. The van der Waals surface area contributed by atoms with E-state index >= 15 is 0 Å². The van der Waals surface area contributed by atoms with Gasteiger partial charge >= 0.3 is 4.87 Å². The van der Waals surface area contributed by atoms with Crippen LogP contribution in [-0.4, -0.2) is 15.1 Å². The maximum absolute atomic E-state index is 11.1. The summed E-state index contributed by atoms with van der Waals surface area (Å²) in [5.41, 5.74) is 2.14. The largest absolute Gasteiger partial charge is 0.494 e. The molecule has 2 heterocycles. The lowest BCUT2D eigenvalue weighted by Gasteiger charge is -1.96. The first kappa shape index (κ1) is 10.2. The highest BCUT2D eigenvalue weighted by Gasteiger charge is 2.10. The standard InChI is InChI=1S/C12H10N2O2S/c15-11-10(17-12(16)14-11)5-7-6-13-9-4-2-1-3-8(7)9/h1-4,6,13,15H,5H2,(H,14,16). The number of benzene rings is 1. The van der Waals surface area contributed by atoms with Crippen molar-refractivity contribution in [3.8, 4) is 5.88 Å². The van der Waals surface area contributed by atoms with E-state index in [1.165, 1.54) is 0 Å². The Morgan fingerprint density at radius 1 is 1.29 bits per heavy atom. The van der Waals surface area contributed by atoms with Gasteiger partial charge in [-0.05, 0) is 11.6 Å². The summed E-state index contributed by atoms with van der Waals surface area (Å²) in [6, 6.07) is 7.96. The number of thiazole rings is 1. The molecule has 3 N–H and O–H groups in total. The third-order valence-electron chi connectivity index (χ3n) is 2.73. The normalized spacial score (nSPS) is 11.1. The van der Waals surface area contributed by atoms with Gasteiger partial charge in [0.2, 0.25) is 5.88 Å². The number of aromatic amines is 2. The molecule has 4 nitrogen and oxygen atoms in total. The fourth-order valence-corrected chi connectivity index (χ4v) is 2.67. The first-order valence-electron chi connectivity index (χ1n) is 5.20. The predicted molar refractivity (Wildman–Crippen MR) is 67.7 cm³/mol. The van der Waals surface area contributed by atoms with Crippen molar-refractivity contribution in [1.29, 1.82) is 0 Å². The van der Waals surface area contributed by atoms with Crippen molar-refractivity contribution in [3.05, 3.63) is 50.6 Å². The SMILES string of the molecule is O=c1[nH]c(O)c(Cc2c[nH]c3ccccc23)s1. The number of aromatic hydroxyl groups is 1. The Morgan fingerprint density at radius 2 is 2.12 bits per heavy atom. The lowest BCUT2D eigenvalue weighted by atomic mass is 10.1. The predicted octanol–water partition coefficient (Wildman–Crippen LogP) is 2.21. The number of aromatic nitrogens is 2. The van der Waals surface area contributed by atoms with Crippen molar-refractivity contribution in [2.75, 3.05) is 0 Å². The molecule has 0 saturated heterocycles. The second-order valence-electron chi connectivity index (χ2n) is 3.82. The molecule has 5 heteroatoms. The van der Waals surface area contributed by atoms with E-state index in [1.807, 2.05) is 30.5 Å². The topological polar surface area (TPSA) is 68.9 Å². The molecule has 86 valence electrons.